The Labute approximate surface area is 117 Å². The normalized spacial score (nSPS) is 21.2. The van der Waals surface area contributed by atoms with Crippen LogP contribution in [0.4, 0.5) is 0 Å². The first-order chi connectivity index (χ1) is 9.66. The maximum Gasteiger partial charge on any atom is 0.246 e. The van der Waals surface area contributed by atoms with Crippen LogP contribution < -0.4 is 5.73 Å². The summed E-state index contributed by atoms with van der Waals surface area (Å²) in [5, 5.41) is 13.6. The quantitative estimate of drug-likeness (QED) is 0.892. The van der Waals surface area contributed by atoms with E-state index in [0.29, 0.717) is 11.7 Å². The lowest BCUT2D eigenvalue weighted by molar-refractivity contribution is 0.146. The maximum atomic E-state index is 9.50. The number of aliphatic hydroxyl groups is 1. The number of hydrogen-bond acceptors (Lipinski definition) is 5. The number of aryl methyl sites for hydroxylation is 1. The van der Waals surface area contributed by atoms with Gasteiger partial charge >= 0.3 is 0 Å². The third kappa shape index (κ3) is 2.34. The fraction of sp³-hybridized carbons (Fsp3) is 0.467. The molecule has 3 atom stereocenters. The molecule has 2 aromatic rings. The summed E-state index contributed by atoms with van der Waals surface area (Å²) in [5.74, 6) is 1.14. The lowest BCUT2D eigenvalue weighted by Crippen LogP contribution is -2.23. The smallest absolute Gasteiger partial charge is 0.246 e. The van der Waals surface area contributed by atoms with Gasteiger partial charge in [-0.2, -0.15) is 4.98 Å². The van der Waals surface area contributed by atoms with E-state index >= 15 is 0 Å². The minimum atomic E-state index is -0.707. The second kappa shape index (κ2) is 5.34. The summed E-state index contributed by atoms with van der Waals surface area (Å²) in [7, 11) is 0. The zero-order chi connectivity index (χ0) is 14.1. The van der Waals surface area contributed by atoms with Crippen LogP contribution in [0.1, 0.15) is 54.6 Å². The summed E-state index contributed by atoms with van der Waals surface area (Å²) in [6.07, 6.45) is 2.53. The molecule has 0 radical (unpaired) electrons. The molecule has 5 nitrogen and oxygen atoms in total. The number of aliphatic hydroxyl groups excluding tert-OH is 1. The van der Waals surface area contributed by atoms with Crippen LogP contribution in [0.3, 0.4) is 0 Å². The topological polar surface area (TPSA) is 85.2 Å². The highest BCUT2D eigenvalue weighted by atomic mass is 16.5. The molecule has 1 aliphatic carbocycles. The van der Waals surface area contributed by atoms with E-state index in [2.05, 4.69) is 28.3 Å². The Kier molecular flexibility index (Phi) is 3.54. The fourth-order valence-corrected chi connectivity index (χ4v) is 2.75. The second-order valence-corrected chi connectivity index (χ2v) is 5.40. The van der Waals surface area contributed by atoms with Gasteiger partial charge in [0.2, 0.25) is 5.89 Å². The zero-order valence-electron chi connectivity index (χ0n) is 11.5. The van der Waals surface area contributed by atoms with Gasteiger partial charge in [0.05, 0.1) is 6.10 Å². The van der Waals surface area contributed by atoms with E-state index in [1.807, 2.05) is 6.07 Å². The molecular weight excluding hydrogens is 254 g/mol. The van der Waals surface area contributed by atoms with Gasteiger partial charge in [-0.15, -0.1) is 0 Å². The lowest BCUT2D eigenvalue weighted by atomic mass is 9.82. The summed E-state index contributed by atoms with van der Waals surface area (Å²) >= 11 is 0. The molecule has 3 rings (SSSR count). The third-order valence-corrected chi connectivity index (χ3v) is 3.94. The number of benzene rings is 1. The van der Waals surface area contributed by atoms with Crippen molar-refractivity contribution < 1.29 is 9.63 Å². The molecule has 0 aliphatic heterocycles. The van der Waals surface area contributed by atoms with Crippen molar-refractivity contribution in [2.45, 2.75) is 44.2 Å². The third-order valence-electron chi connectivity index (χ3n) is 3.94. The van der Waals surface area contributed by atoms with Crippen molar-refractivity contribution in [2.75, 3.05) is 0 Å². The van der Waals surface area contributed by atoms with Gasteiger partial charge in [-0.05, 0) is 37.3 Å². The first-order valence-electron chi connectivity index (χ1n) is 7.01. The minimum absolute atomic E-state index is 0.165. The van der Waals surface area contributed by atoms with Crippen molar-refractivity contribution in [2.24, 2.45) is 5.73 Å². The first-order valence-corrected chi connectivity index (χ1v) is 7.01. The van der Waals surface area contributed by atoms with E-state index in [4.69, 9.17) is 10.3 Å². The Morgan fingerprint density at radius 3 is 3.00 bits per heavy atom. The summed E-state index contributed by atoms with van der Waals surface area (Å²) in [6.45, 7) is 1.62. The Morgan fingerprint density at radius 2 is 2.20 bits per heavy atom. The number of hydrogen-bond donors (Lipinski definition) is 2. The number of aromatic nitrogens is 2. The number of fused-ring (bicyclic) bond motifs is 1. The van der Waals surface area contributed by atoms with Crippen LogP contribution in [0.2, 0.25) is 0 Å². The molecule has 5 heteroatoms. The van der Waals surface area contributed by atoms with Crippen molar-refractivity contribution in [3.8, 4) is 0 Å². The summed E-state index contributed by atoms with van der Waals surface area (Å²) in [4.78, 5) is 4.39. The van der Waals surface area contributed by atoms with E-state index in [1.165, 1.54) is 11.1 Å². The summed E-state index contributed by atoms with van der Waals surface area (Å²) < 4.78 is 5.21. The number of nitrogens with zero attached hydrogens (tertiary/aromatic N) is 2. The molecule has 0 saturated heterocycles. The van der Waals surface area contributed by atoms with Gasteiger partial charge in [0, 0.05) is 5.92 Å². The van der Waals surface area contributed by atoms with Crippen LogP contribution in [0.25, 0.3) is 0 Å². The summed E-state index contributed by atoms with van der Waals surface area (Å²) in [6, 6.07) is 7.76. The number of nitrogens with two attached hydrogens (primary N) is 1. The average molecular weight is 273 g/mol. The Morgan fingerprint density at radius 1 is 1.40 bits per heavy atom. The minimum Gasteiger partial charge on any atom is -0.391 e. The van der Waals surface area contributed by atoms with Crippen LogP contribution in [0.15, 0.2) is 28.8 Å². The Balaban J connectivity index is 1.91. The van der Waals surface area contributed by atoms with Crippen molar-refractivity contribution in [1.29, 1.82) is 0 Å². The molecule has 3 N–H and O–H groups in total. The van der Waals surface area contributed by atoms with Crippen LogP contribution >= 0.6 is 0 Å². The molecule has 106 valence electrons. The predicted octanol–water partition coefficient (Wildman–Crippen LogP) is 1.92. The van der Waals surface area contributed by atoms with Gasteiger partial charge in [0.15, 0.2) is 5.82 Å². The molecule has 1 aliphatic rings. The van der Waals surface area contributed by atoms with Crippen molar-refractivity contribution in [3.63, 3.8) is 0 Å². The van der Waals surface area contributed by atoms with Gasteiger partial charge in [-0.1, -0.05) is 29.4 Å². The van der Waals surface area contributed by atoms with Crippen LogP contribution in [0, 0.1) is 0 Å². The van der Waals surface area contributed by atoms with Gasteiger partial charge in [0.1, 0.15) is 6.04 Å². The highest BCUT2D eigenvalue weighted by Crippen LogP contribution is 2.35. The van der Waals surface area contributed by atoms with Gasteiger partial charge in [0.25, 0.3) is 0 Å². The van der Waals surface area contributed by atoms with E-state index in [-0.39, 0.29) is 5.92 Å². The molecule has 0 saturated carbocycles. The maximum absolute atomic E-state index is 9.50. The van der Waals surface area contributed by atoms with Crippen LogP contribution in [-0.4, -0.2) is 21.4 Å². The van der Waals surface area contributed by atoms with Crippen molar-refractivity contribution >= 4 is 0 Å². The standard InChI is InChI=1S/C15H19N3O2/c1-9(19)13(16)15-17-14(18-20-15)12-8-4-6-10-5-2-3-7-11(10)12/h2-3,5,7,9,12-13,19H,4,6,8,16H2,1H3/t9-,12?,13+/m1/s1. The Bertz CT molecular complexity index is 594. The van der Waals surface area contributed by atoms with E-state index in [1.54, 1.807) is 6.92 Å². The molecule has 1 aromatic carbocycles. The van der Waals surface area contributed by atoms with Gasteiger partial charge < -0.3 is 15.4 Å². The molecular formula is C15H19N3O2. The SMILES string of the molecule is C[C@@H](O)[C@H](N)c1nc(C2CCCc3ccccc32)no1. The highest BCUT2D eigenvalue weighted by Gasteiger charge is 2.27. The molecule has 1 unspecified atom stereocenters. The number of rotatable bonds is 3. The molecule has 0 spiro atoms. The molecule has 0 amide bonds. The highest BCUT2D eigenvalue weighted by molar-refractivity contribution is 5.36. The molecule has 0 fully saturated rings. The Hall–Kier alpha value is -1.72. The first kappa shape index (κ1) is 13.3. The van der Waals surface area contributed by atoms with Crippen LogP contribution in [0.5, 0.6) is 0 Å². The van der Waals surface area contributed by atoms with Crippen molar-refractivity contribution in [1.82, 2.24) is 10.1 Å². The average Bonchev–Trinajstić information content (AvgIpc) is 2.95. The lowest BCUT2D eigenvalue weighted by Gasteiger charge is -2.22. The fourth-order valence-electron chi connectivity index (χ4n) is 2.75. The van der Waals surface area contributed by atoms with Gasteiger partial charge in [-0.3, -0.25) is 0 Å². The predicted molar refractivity (Wildman–Crippen MR) is 74.1 cm³/mol. The molecule has 20 heavy (non-hydrogen) atoms. The second-order valence-electron chi connectivity index (χ2n) is 5.40. The van der Waals surface area contributed by atoms with Crippen LogP contribution in [-0.2, 0) is 6.42 Å². The van der Waals surface area contributed by atoms with Gasteiger partial charge in [-0.25, -0.2) is 0 Å². The monoisotopic (exact) mass is 273 g/mol. The molecule has 1 heterocycles. The van der Waals surface area contributed by atoms with E-state index < -0.39 is 12.1 Å². The zero-order valence-corrected chi connectivity index (χ0v) is 11.5. The largest absolute Gasteiger partial charge is 0.391 e. The van der Waals surface area contributed by atoms with E-state index in [0.717, 1.165) is 19.3 Å². The summed E-state index contributed by atoms with van der Waals surface area (Å²) in [5.41, 5.74) is 8.46. The van der Waals surface area contributed by atoms with E-state index in [9.17, 15) is 5.11 Å². The van der Waals surface area contributed by atoms with Crippen molar-refractivity contribution in [3.05, 3.63) is 47.1 Å². The molecule has 1 aromatic heterocycles. The molecule has 0 bridgehead atoms.